The zero-order valence-electron chi connectivity index (χ0n) is 17.5. The lowest BCUT2D eigenvalue weighted by atomic mass is 9.80. The second kappa shape index (κ2) is 8.00. The van der Waals surface area contributed by atoms with Gasteiger partial charge in [-0.1, -0.05) is 73.7 Å². The van der Waals surface area contributed by atoms with E-state index in [9.17, 15) is 0 Å². The van der Waals surface area contributed by atoms with Crippen LogP contribution in [0.15, 0.2) is 66.7 Å². The number of aromatic amines is 1. The van der Waals surface area contributed by atoms with Crippen molar-refractivity contribution >= 4 is 17.3 Å². The van der Waals surface area contributed by atoms with Crippen molar-refractivity contribution in [1.82, 2.24) is 10.3 Å². The molecule has 0 fully saturated rings. The topological polar surface area (TPSA) is 53.8 Å². The van der Waals surface area contributed by atoms with Crippen molar-refractivity contribution in [3.05, 3.63) is 100 Å². The first-order valence-corrected chi connectivity index (χ1v) is 11.0. The van der Waals surface area contributed by atoms with Gasteiger partial charge in [0.05, 0.1) is 11.4 Å². The van der Waals surface area contributed by atoms with Gasteiger partial charge in [-0.05, 0) is 59.1 Å². The fraction of sp³-hybridized carbons (Fsp3) is 0.259. The predicted octanol–water partition coefficient (Wildman–Crippen LogP) is 5.32. The maximum atomic E-state index is 6.54. The zero-order valence-corrected chi connectivity index (χ0v) is 17.5. The van der Waals surface area contributed by atoms with Crippen molar-refractivity contribution in [2.45, 2.75) is 32.2 Å². The summed E-state index contributed by atoms with van der Waals surface area (Å²) in [7, 11) is 0. The number of nitrogens with one attached hydrogen (secondary N) is 2. The number of H-pyrrole nitrogens is 1. The number of allylic oxidation sites excluding steroid dienone is 2. The summed E-state index contributed by atoms with van der Waals surface area (Å²) < 4.78 is 0. The maximum Gasteiger partial charge on any atom is 0.0659 e. The number of benzene rings is 2. The van der Waals surface area contributed by atoms with Gasteiger partial charge < -0.3 is 16.0 Å². The van der Waals surface area contributed by atoms with Crippen LogP contribution in [0.4, 0.5) is 0 Å². The fourth-order valence-corrected chi connectivity index (χ4v) is 4.94. The normalized spacial score (nSPS) is 18.7. The van der Waals surface area contributed by atoms with Crippen molar-refractivity contribution < 1.29 is 0 Å². The molecule has 0 aliphatic heterocycles. The van der Waals surface area contributed by atoms with Gasteiger partial charge >= 0.3 is 0 Å². The summed E-state index contributed by atoms with van der Waals surface area (Å²) in [5.74, 6) is 0.446. The average molecular weight is 396 g/mol. The summed E-state index contributed by atoms with van der Waals surface area (Å²) in [6.07, 6.45) is 7.85. The summed E-state index contributed by atoms with van der Waals surface area (Å²) in [5, 5.41) is 3.76. The van der Waals surface area contributed by atoms with Gasteiger partial charge in [-0.3, -0.25) is 0 Å². The molecule has 3 heteroatoms. The fourth-order valence-electron chi connectivity index (χ4n) is 4.94. The van der Waals surface area contributed by atoms with Crippen molar-refractivity contribution in [2.24, 2.45) is 11.7 Å². The molecule has 30 heavy (non-hydrogen) atoms. The smallest absolute Gasteiger partial charge is 0.0659 e. The van der Waals surface area contributed by atoms with Gasteiger partial charge in [-0.2, -0.15) is 0 Å². The highest BCUT2D eigenvalue weighted by Gasteiger charge is 2.30. The molecular formula is C27H29N3. The minimum atomic E-state index is -0.0547. The molecule has 4 N–H and O–H groups in total. The Kier molecular flexibility index (Phi) is 5.06. The molecule has 3 nitrogen and oxygen atoms in total. The average Bonchev–Trinajstić information content (AvgIpc) is 3.16. The Labute approximate surface area is 178 Å². The summed E-state index contributed by atoms with van der Waals surface area (Å²) >= 11 is 0. The van der Waals surface area contributed by atoms with E-state index in [1.165, 1.54) is 39.3 Å². The second-order valence-corrected chi connectivity index (χ2v) is 8.47. The molecule has 0 bridgehead atoms. The van der Waals surface area contributed by atoms with E-state index in [1.54, 1.807) is 0 Å². The Morgan fingerprint density at radius 1 is 1.03 bits per heavy atom. The molecule has 1 unspecified atom stereocenters. The molecule has 152 valence electrons. The van der Waals surface area contributed by atoms with Gasteiger partial charge in [-0.15, -0.1) is 0 Å². The number of nitrogens with two attached hydrogens (primary N) is 1. The van der Waals surface area contributed by atoms with E-state index < -0.39 is 0 Å². The molecule has 2 aliphatic carbocycles. The molecular weight excluding hydrogens is 366 g/mol. The molecule has 2 aliphatic rings. The number of hydrogen-bond acceptors (Lipinski definition) is 2. The first-order valence-electron chi connectivity index (χ1n) is 11.0. The molecule has 0 saturated heterocycles. The summed E-state index contributed by atoms with van der Waals surface area (Å²) in [4.78, 5) is 3.74. The van der Waals surface area contributed by atoms with E-state index in [2.05, 4.69) is 84.0 Å². The molecule has 0 radical (unpaired) electrons. The lowest BCUT2D eigenvalue weighted by Crippen LogP contribution is -2.29. The second-order valence-electron chi connectivity index (χ2n) is 8.47. The number of aromatic nitrogens is 1. The lowest BCUT2D eigenvalue weighted by molar-refractivity contribution is 0.666. The maximum absolute atomic E-state index is 6.54. The van der Waals surface area contributed by atoms with Crippen LogP contribution in [0.5, 0.6) is 0 Å². The monoisotopic (exact) mass is 395 g/mol. The van der Waals surface area contributed by atoms with E-state index >= 15 is 0 Å². The van der Waals surface area contributed by atoms with E-state index in [1.807, 2.05) is 6.07 Å². The number of hydrogen-bond donors (Lipinski definition) is 3. The van der Waals surface area contributed by atoms with Crippen LogP contribution in [0.2, 0.25) is 0 Å². The van der Waals surface area contributed by atoms with Crippen LogP contribution in [-0.2, 0) is 12.8 Å². The third kappa shape index (κ3) is 3.40. The largest absolute Gasteiger partial charge is 0.381 e. The quantitative estimate of drug-likeness (QED) is 0.547. The van der Waals surface area contributed by atoms with Crippen LogP contribution in [0, 0.1) is 5.92 Å². The van der Waals surface area contributed by atoms with Crippen LogP contribution in [0.3, 0.4) is 0 Å². The van der Waals surface area contributed by atoms with E-state index in [0.29, 0.717) is 12.5 Å². The summed E-state index contributed by atoms with van der Waals surface area (Å²) in [6.45, 7) is 3.05. The highest BCUT2D eigenvalue weighted by Crippen LogP contribution is 2.42. The van der Waals surface area contributed by atoms with Gasteiger partial charge in [0.2, 0.25) is 0 Å². The Morgan fingerprint density at radius 3 is 2.53 bits per heavy atom. The molecule has 0 amide bonds. The van der Waals surface area contributed by atoms with Gasteiger partial charge in [0, 0.05) is 18.3 Å². The van der Waals surface area contributed by atoms with Crippen molar-refractivity contribution in [2.75, 3.05) is 6.54 Å². The van der Waals surface area contributed by atoms with E-state index in [0.717, 1.165) is 24.8 Å². The lowest BCUT2D eigenvalue weighted by Gasteiger charge is -2.29. The Balaban J connectivity index is 1.57. The Bertz CT molecular complexity index is 1090. The van der Waals surface area contributed by atoms with Crippen LogP contribution >= 0.6 is 0 Å². The van der Waals surface area contributed by atoms with Gasteiger partial charge in [0.15, 0.2) is 0 Å². The summed E-state index contributed by atoms with van der Waals surface area (Å²) in [5.41, 5.74) is 17.1. The summed E-state index contributed by atoms with van der Waals surface area (Å²) in [6, 6.07) is 21.1. The van der Waals surface area contributed by atoms with E-state index in [-0.39, 0.29) is 6.04 Å². The van der Waals surface area contributed by atoms with Crippen molar-refractivity contribution in [1.29, 1.82) is 0 Å². The highest BCUT2D eigenvalue weighted by atomic mass is 15.0. The first kappa shape index (κ1) is 19.0. The van der Waals surface area contributed by atoms with Crippen molar-refractivity contribution in [3.63, 3.8) is 0 Å². The first-order chi connectivity index (χ1) is 14.7. The molecule has 2 aromatic carbocycles. The van der Waals surface area contributed by atoms with Gasteiger partial charge in [-0.25, -0.2) is 0 Å². The molecule has 3 aromatic rings. The molecule has 1 aromatic heterocycles. The van der Waals surface area contributed by atoms with Crippen LogP contribution < -0.4 is 11.1 Å². The third-order valence-corrected chi connectivity index (χ3v) is 6.43. The standard InChI is InChI=1S/C27H29N3/c1-18-16-22-21-14-8-9-15-24(21)30-26(22)27(25(18)20-12-6-3-7-13-20)29-17-23(28)19-10-4-2-5-11-19/h2-7,9-13,15,18,23,29-30H,8,14,16-17,28H2,1H3/t18?,23-/m0/s1. The molecule has 5 rings (SSSR count). The van der Waals surface area contributed by atoms with Gasteiger partial charge in [0.1, 0.15) is 0 Å². The number of fused-ring (bicyclic) bond motifs is 3. The highest BCUT2D eigenvalue weighted by molar-refractivity contribution is 5.93. The Hall–Kier alpha value is -3.04. The SMILES string of the molecule is CC1Cc2c([nH]c3c2CCC=C3)C(NC[C@H](N)c2ccccc2)=C1c1ccccc1. The van der Waals surface area contributed by atoms with Crippen LogP contribution in [0.1, 0.15) is 53.0 Å². The van der Waals surface area contributed by atoms with Crippen LogP contribution in [0.25, 0.3) is 17.3 Å². The molecule has 0 saturated carbocycles. The van der Waals surface area contributed by atoms with E-state index in [4.69, 9.17) is 5.73 Å². The minimum absolute atomic E-state index is 0.0547. The zero-order chi connectivity index (χ0) is 20.5. The number of rotatable bonds is 5. The minimum Gasteiger partial charge on any atom is -0.381 e. The third-order valence-electron chi connectivity index (χ3n) is 6.43. The molecule has 0 spiro atoms. The van der Waals surface area contributed by atoms with Crippen LogP contribution in [-0.4, -0.2) is 11.5 Å². The van der Waals surface area contributed by atoms with Gasteiger partial charge in [0.25, 0.3) is 0 Å². The Morgan fingerprint density at radius 2 is 1.77 bits per heavy atom. The predicted molar refractivity (Wildman–Crippen MR) is 126 cm³/mol. The van der Waals surface area contributed by atoms with Crippen molar-refractivity contribution in [3.8, 4) is 0 Å². The molecule has 2 atom stereocenters. The molecule has 1 heterocycles.